The van der Waals surface area contributed by atoms with Crippen LogP contribution in [0, 0.1) is 25.1 Å². The van der Waals surface area contributed by atoms with Gasteiger partial charge >= 0.3 is 11.4 Å². The molecule has 282 valence electrons. The topological polar surface area (TPSA) is 390 Å². The van der Waals surface area contributed by atoms with Crippen molar-refractivity contribution in [3.8, 4) is 23.0 Å². The lowest BCUT2D eigenvalue weighted by atomic mass is 10.1. The molecule has 0 amide bonds. The van der Waals surface area contributed by atoms with Crippen LogP contribution in [0.25, 0.3) is 10.8 Å². The van der Waals surface area contributed by atoms with Gasteiger partial charge < -0.3 is 20.4 Å². The van der Waals surface area contributed by atoms with Gasteiger partial charge in [0.2, 0.25) is 5.75 Å². The summed E-state index contributed by atoms with van der Waals surface area (Å²) in [4.78, 5) is 28.9. The zero-order chi connectivity index (χ0) is 40.6. The Morgan fingerprint density at radius 2 is 1.15 bits per heavy atom. The summed E-state index contributed by atoms with van der Waals surface area (Å²) < 4.78 is 68.6. The minimum absolute atomic E-state index is 0.0920. The van der Waals surface area contributed by atoms with E-state index >= 15 is 0 Å². The van der Waals surface area contributed by atoms with Crippen LogP contribution in [0.1, 0.15) is 0 Å². The lowest BCUT2D eigenvalue weighted by Gasteiger charge is -2.12. The number of azo groups is 3. The van der Waals surface area contributed by atoms with Crippen molar-refractivity contribution in [1.29, 1.82) is 0 Å². The fourth-order valence-corrected chi connectivity index (χ4v) is 5.75. The van der Waals surface area contributed by atoms with Gasteiger partial charge in [-0.1, -0.05) is 0 Å². The summed E-state index contributed by atoms with van der Waals surface area (Å²) in [5.74, 6) is -3.85. The Bertz CT molecular complexity index is 2790. The van der Waals surface area contributed by atoms with Gasteiger partial charge in [0.1, 0.15) is 45.2 Å². The number of benzene rings is 5. The Morgan fingerprint density at radius 1 is 0.564 bits per heavy atom. The third kappa shape index (κ3) is 8.23. The van der Waals surface area contributed by atoms with Crippen LogP contribution in [0.2, 0.25) is 0 Å². The fraction of sp³-hybridized carbons (Fsp3) is 0. The van der Waals surface area contributed by atoms with E-state index in [1.165, 1.54) is 0 Å². The number of nitro benzene ring substituents is 2. The first-order chi connectivity index (χ1) is 25.6. The van der Waals surface area contributed by atoms with Crippen molar-refractivity contribution in [1.82, 2.24) is 0 Å². The number of nitro groups is 2. The highest BCUT2D eigenvalue weighted by Crippen LogP contribution is 2.47. The molecule has 0 fully saturated rings. The predicted octanol–water partition coefficient (Wildman–Crippen LogP) is 7.02. The molecule has 0 bridgehead atoms. The summed E-state index contributed by atoms with van der Waals surface area (Å²) in [6, 6.07) is 8.89. The second-order valence-electron chi connectivity index (χ2n) is 10.6. The largest absolute Gasteiger partial charge is 0.505 e. The highest BCUT2D eigenvalue weighted by Gasteiger charge is 2.28. The molecule has 5 aromatic rings. The van der Waals surface area contributed by atoms with Gasteiger partial charge in [0.15, 0.2) is 5.75 Å². The van der Waals surface area contributed by atoms with E-state index in [0.29, 0.717) is 36.4 Å². The second kappa shape index (κ2) is 14.4. The molecule has 25 nitrogen and oxygen atoms in total. The third-order valence-electron chi connectivity index (χ3n) is 7.08. The van der Waals surface area contributed by atoms with Gasteiger partial charge in [-0.15, -0.1) is 25.6 Å². The van der Waals surface area contributed by atoms with Crippen molar-refractivity contribution >= 4 is 82.2 Å². The Balaban J connectivity index is 1.67. The molecule has 5 rings (SSSR count). The predicted molar refractivity (Wildman–Crippen MR) is 180 cm³/mol. The Kier molecular flexibility index (Phi) is 10.1. The first-order valence-electron chi connectivity index (χ1n) is 14.2. The molecular formula is C28H18N9O16S2+. The summed E-state index contributed by atoms with van der Waals surface area (Å²) in [5, 5.41) is 94.7. The molecule has 0 atom stereocenters. The molecule has 55 heavy (non-hydrogen) atoms. The van der Waals surface area contributed by atoms with Crippen molar-refractivity contribution in [2.45, 2.75) is 9.79 Å². The quantitative estimate of drug-likeness (QED) is 0.0305. The zero-order valence-corrected chi connectivity index (χ0v) is 28.1. The number of non-ortho nitro benzene ring substituents is 1. The first kappa shape index (κ1) is 38.6. The van der Waals surface area contributed by atoms with Crippen molar-refractivity contribution in [2.24, 2.45) is 30.7 Å². The zero-order valence-electron chi connectivity index (χ0n) is 26.5. The average molecular weight is 801 g/mol. The van der Waals surface area contributed by atoms with E-state index in [4.69, 9.17) is 0 Å². The highest BCUT2D eigenvalue weighted by molar-refractivity contribution is 7.86. The lowest BCUT2D eigenvalue weighted by Crippen LogP contribution is -2.01. The molecule has 0 heterocycles. The van der Waals surface area contributed by atoms with Gasteiger partial charge in [-0.3, -0.25) is 29.3 Å². The van der Waals surface area contributed by atoms with E-state index in [1.807, 2.05) is 0 Å². The maximum Gasteiger partial charge on any atom is 0.325 e. The van der Waals surface area contributed by atoms with E-state index < -0.39 is 118 Å². The molecule has 0 unspecified atom stereocenters. The minimum Gasteiger partial charge on any atom is -0.505 e. The number of hydrogen-bond donors (Lipinski definition) is 7. The standard InChI is InChI=1S/C28H17N9O16S2/c38-22-11-23(39)18(31-33-20-7-15(36(44)45)8-21(27(20)40)37(46)47)10-17(22)30-32-19-9-16(54(48,49)50)5-12-6-24(55(51,52)53)26(28(41)25(12)19)34-29-13-1-3-14(4-2-13)35(42)43/h1-11H,(H6-,29,30,31,32,33,34,38,39,40,41,44,45,48,49,50,51,52,53)/p+1. The van der Waals surface area contributed by atoms with E-state index in [2.05, 4.69) is 30.7 Å². The van der Waals surface area contributed by atoms with Crippen molar-refractivity contribution in [3.63, 3.8) is 0 Å². The number of fused-ring (bicyclic) bond motifs is 1. The van der Waals surface area contributed by atoms with E-state index in [-0.39, 0.29) is 11.4 Å². The van der Waals surface area contributed by atoms with Gasteiger partial charge in [-0.2, -0.15) is 21.9 Å². The van der Waals surface area contributed by atoms with Crippen LogP contribution in [0.4, 0.5) is 51.2 Å². The van der Waals surface area contributed by atoms with Crippen LogP contribution in [0.15, 0.2) is 107 Å². The van der Waals surface area contributed by atoms with Crippen molar-refractivity contribution < 1.29 is 66.3 Å². The number of aromatic hydroxyl groups is 4. The molecule has 0 spiro atoms. The van der Waals surface area contributed by atoms with Crippen molar-refractivity contribution in [3.05, 3.63) is 91.9 Å². The molecule has 0 aliphatic carbocycles. The Labute approximate surface area is 303 Å². The normalized spacial score (nSPS) is 12.3. The van der Waals surface area contributed by atoms with Crippen LogP contribution in [0.5, 0.6) is 23.0 Å². The van der Waals surface area contributed by atoms with Crippen LogP contribution in [-0.4, -0.2) is 66.3 Å². The van der Waals surface area contributed by atoms with Crippen LogP contribution in [0.3, 0.4) is 0 Å². The minimum atomic E-state index is -5.27. The van der Waals surface area contributed by atoms with E-state index in [0.717, 1.165) is 30.3 Å². The monoisotopic (exact) mass is 800 g/mol. The average Bonchev–Trinajstić information content (AvgIpc) is 3.09. The SMILES string of the molecule is O=[N+]([O-])c1ccc(/N=N/c2c(S(=O)(=O)O)cc3cc(S(=O)(=O)O)cc(/N=N/c4cc(/N=N/c5cc([N+](=O)O)cc([N+](=O)[O-])c5O)c(O)cc4O)c3c2O)cc1. The molecule has 27 heteroatoms. The first-order valence-corrected chi connectivity index (χ1v) is 17.1. The third-order valence-corrected chi connectivity index (χ3v) is 8.78. The summed E-state index contributed by atoms with van der Waals surface area (Å²) in [6.45, 7) is 0. The molecule has 0 aliphatic heterocycles. The summed E-state index contributed by atoms with van der Waals surface area (Å²) in [7, 11) is -10.4. The Morgan fingerprint density at radius 3 is 1.67 bits per heavy atom. The van der Waals surface area contributed by atoms with Gasteiger partial charge in [-0.25, -0.2) is 5.21 Å². The summed E-state index contributed by atoms with van der Waals surface area (Å²) in [6.07, 6.45) is 0. The number of rotatable bonds is 11. The maximum atomic E-state index is 12.3. The fourth-order valence-electron chi connectivity index (χ4n) is 4.55. The van der Waals surface area contributed by atoms with Gasteiger partial charge in [0.05, 0.1) is 42.5 Å². The Hall–Kier alpha value is -7.62. The molecule has 0 aliphatic rings. The summed E-state index contributed by atoms with van der Waals surface area (Å²) >= 11 is 0. The van der Waals surface area contributed by atoms with Gasteiger partial charge in [0, 0.05) is 24.3 Å². The molecule has 0 aromatic heterocycles. The lowest BCUT2D eigenvalue weighted by molar-refractivity contribution is -0.729. The molecular weight excluding hydrogens is 782 g/mol. The molecule has 5 aromatic carbocycles. The maximum absolute atomic E-state index is 12.3. The van der Waals surface area contributed by atoms with Crippen LogP contribution in [-0.2, 0) is 20.2 Å². The number of hydrogen-bond acceptors (Lipinski definition) is 19. The number of phenols is 4. The van der Waals surface area contributed by atoms with Crippen LogP contribution >= 0.6 is 0 Å². The smallest absolute Gasteiger partial charge is 0.325 e. The number of nitrogens with zero attached hydrogens (tertiary/aromatic N) is 9. The van der Waals surface area contributed by atoms with Gasteiger partial charge in [0.25, 0.3) is 30.8 Å². The summed E-state index contributed by atoms with van der Waals surface area (Å²) in [5.41, 5.74) is -5.74. The highest BCUT2D eigenvalue weighted by atomic mass is 32.2. The second-order valence-corrected chi connectivity index (χ2v) is 13.4. The van der Waals surface area contributed by atoms with Crippen molar-refractivity contribution in [2.75, 3.05) is 0 Å². The van der Waals surface area contributed by atoms with Gasteiger partial charge in [-0.05, 0) is 35.7 Å². The number of phenolic OH excluding ortho intramolecular Hbond substituents is 4. The molecule has 7 N–H and O–H groups in total. The van der Waals surface area contributed by atoms with E-state index in [9.17, 15) is 76.7 Å². The van der Waals surface area contributed by atoms with E-state index in [1.54, 1.807) is 0 Å². The molecule has 0 saturated heterocycles. The van der Waals surface area contributed by atoms with Crippen LogP contribution < -0.4 is 0 Å². The molecule has 0 saturated carbocycles. The molecule has 0 radical (unpaired) electrons.